The minimum Gasteiger partial charge on any atom is -0.293 e. The molecule has 2 aromatic carbocycles. The number of hydrogen-bond acceptors (Lipinski definition) is 2. The SMILES string of the molecule is CCC1(c2ccccc2)C(=O)c2ccc(Br)cc2C1=O. The summed E-state index contributed by atoms with van der Waals surface area (Å²) in [5, 5.41) is 0. The Labute approximate surface area is 125 Å². The second-order valence-electron chi connectivity index (χ2n) is 4.97. The van der Waals surface area contributed by atoms with Gasteiger partial charge in [-0.3, -0.25) is 9.59 Å². The first-order chi connectivity index (χ1) is 9.61. The molecule has 0 heterocycles. The van der Waals surface area contributed by atoms with Crippen LogP contribution in [0.5, 0.6) is 0 Å². The summed E-state index contributed by atoms with van der Waals surface area (Å²) in [6, 6.07) is 14.6. The topological polar surface area (TPSA) is 34.1 Å². The first-order valence-corrected chi connectivity index (χ1v) is 7.35. The van der Waals surface area contributed by atoms with Gasteiger partial charge in [0.2, 0.25) is 0 Å². The Morgan fingerprint density at radius 1 is 0.950 bits per heavy atom. The van der Waals surface area contributed by atoms with Crippen molar-refractivity contribution in [3.05, 3.63) is 69.7 Å². The molecule has 1 atom stereocenters. The van der Waals surface area contributed by atoms with Gasteiger partial charge in [0.1, 0.15) is 5.41 Å². The van der Waals surface area contributed by atoms with Gasteiger partial charge in [-0.15, -0.1) is 0 Å². The molecule has 0 aromatic heterocycles. The highest BCUT2D eigenvalue weighted by Crippen LogP contribution is 2.42. The van der Waals surface area contributed by atoms with Gasteiger partial charge in [0.05, 0.1) is 0 Å². The Hall–Kier alpha value is -1.74. The highest BCUT2D eigenvalue weighted by Gasteiger charge is 2.52. The van der Waals surface area contributed by atoms with Crippen molar-refractivity contribution >= 4 is 27.5 Å². The van der Waals surface area contributed by atoms with Crippen LogP contribution in [0.3, 0.4) is 0 Å². The van der Waals surface area contributed by atoms with E-state index in [1.807, 2.05) is 37.3 Å². The van der Waals surface area contributed by atoms with Crippen LogP contribution in [-0.2, 0) is 5.41 Å². The minimum absolute atomic E-state index is 0.0845. The molecule has 0 fully saturated rings. The standard InChI is InChI=1S/C17H13BrO2/c1-2-17(11-6-4-3-5-7-11)15(19)13-9-8-12(18)10-14(13)16(17)20/h3-10H,2H2,1H3. The molecule has 3 rings (SSSR count). The molecule has 3 heteroatoms. The number of benzene rings is 2. The third-order valence-electron chi connectivity index (χ3n) is 4.04. The van der Waals surface area contributed by atoms with E-state index < -0.39 is 5.41 Å². The molecule has 0 bridgehead atoms. The van der Waals surface area contributed by atoms with Gasteiger partial charge in [0, 0.05) is 15.6 Å². The van der Waals surface area contributed by atoms with E-state index in [0.29, 0.717) is 17.5 Å². The van der Waals surface area contributed by atoms with E-state index in [1.165, 1.54) is 0 Å². The molecule has 2 nitrogen and oxygen atoms in total. The zero-order valence-corrected chi connectivity index (χ0v) is 12.6. The van der Waals surface area contributed by atoms with Gasteiger partial charge in [0.15, 0.2) is 11.6 Å². The smallest absolute Gasteiger partial charge is 0.181 e. The fraction of sp³-hybridized carbons (Fsp3) is 0.176. The van der Waals surface area contributed by atoms with Crippen LogP contribution in [0.15, 0.2) is 53.0 Å². The normalized spacial score (nSPS) is 21.1. The lowest BCUT2D eigenvalue weighted by Crippen LogP contribution is -2.37. The Morgan fingerprint density at radius 3 is 2.25 bits per heavy atom. The summed E-state index contributed by atoms with van der Waals surface area (Å²) in [6.45, 7) is 1.89. The predicted octanol–water partition coefficient (Wildman–Crippen LogP) is 4.18. The maximum atomic E-state index is 12.9. The number of ketones is 2. The molecule has 0 N–H and O–H groups in total. The Bertz CT molecular complexity index is 706. The summed E-state index contributed by atoms with van der Waals surface area (Å²) in [7, 11) is 0. The van der Waals surface area contributed by atoms with Crippen molar-refractivity contribution in [2.45, 2.75) is 18.8 Å². The molecule has 2 aromatic rings. The Balaban J connectivity index is 2.26. The lowest BCUT2D eigenvalue weighted by atomic mass is 9.74. The largest absolute Gasteiger partial charge is 0.293 e. The van der Waals surface area contributed by atoms with Gasteiger partial charge in [-0.05, 0) is 30.2 Å². The average Bonchev–Trinajstić information content (AvgIpc) is 2.69. The zero-order chi connectivity index (χ0) is 14.3. The summed E-state index contributed by atoms with van der Waals surface area (Å²) in [4.78, 5) is 25.7. The Morgan fingerprint density at radius 2 is 1.60 bits per heavy atom. The van der Waals surface area contributed by atoms with Gasteiger partial charge in [-0.2, -0.15) is 0 Å². The number of hydrogen-bond donors (Lipinski definition) is 0. The number of fused-ring (bicyclic) bond motifs is 1. The van der Waals surface area contributed by atoms with E-state index in [0.717, 1.165) is 10.0 Å². The van der Waals surface area contributed by atoms with E-state index in [9.17, 15) is 9.59 Å². The van der Waals surface area contributed by atoms with Crippen LogP contribution in [0.25, 0.3) is 0 Å². The van der Waals surface area contributed by atoms with E-state index in [4.69, 9.17) is 0 Å². The minimum atomic E-state index is -1.05. The van der Waals surface area contributed by atoms with Crippen molar-refractivity contribution < 1.29 is 9.59 Å². The van der Waals surface area contributed by atoms with Crippen LogP contribution >= 0.6 is 15.9 Å². The van der Waals surface area contributed by atoms with Crippen molar-refractivity contribution in [1.82, 2.24) is 0 Å². The third kappa shape index (κ3) is 1.63. The van der Waals surface area contributed by atoms with Crippen molar-refractivity contribution in [2.24, 2.45) is 0 Å². The van der Waals surface area contributed by atoms with Crippen LogP contribution < -0.4 is 0 Å². The molecule has 0 aliphatic heterocycles. The highest BCUT2D eigenvalue weighted by atomic mass is 79.9. The maximum Gasteiger partial charge on any atom is 0.181 e. The molecule has 100 valence electrons. The number of Topliss-reactive ketones (excluding diaryl/α,β-unsaturated/α-hetero) is 2. The summed E-state index contributed by atoms with van der Waals surface area (Å²) in [6.07, 6.45) is 0.473. The van der Waals surface area contributed by atoms with Gasteiger partial charge in [-0.25, -0.2) is 0 Å². The molecule has 0 spiro atoms. The first-order valence-electron chi connectivity index (χ1n) is 6.56. The van der Waals surface area contributed by atoms with E-state index in [-0.39, 0.29) is 11.6 Å². The molecule has 0 saturated carbocycles. The maximum absolute atomic E-state index is 12.9. The van der Waals surface area contributed by atoms with Gasteiger partial charge in [0.25, 0.3) is 0 Å². The van der Waals surface area contributed by atoms with Gasteiger partial charge < -0.3 is 0 Å². The van der Waals surface area contributed by atoms with E-state index in [1.54, 1.807) is 18.2 Å². The molecule has 1 unspecified atom stereocenters. The van der Waals surface area contributed by atoms with Crippen LogP contribution in [-0.4, -0.2) is 11.6 Å². The van der Waals surface area contributed by atoms with Gasteiger partial charge >= 0.3 is 0 Å². The monoisotopic (exact) mass is 328 g/mol. The molecule has 1 aliphatic rings. The molecule has 0 saturated heterocycles. The predicted molar refractivity (Wildman–Crippen MR) is 81.2 cm³/mol. The van der Waals surface area contributed by atoms with Crippen LogP contribution in [0.1, 0.15) is 39.6 Å². The first kappa shape index (κ1) is 13.3. The van der Waals surface area contributed by atoms with Gasteiger partial charge in [-0.1, -0.05) is 53.2 Å². The molecule has 1 aliphatic carbocycles. The lowest BCUT2D eigenvalue weighted by Gasteiger charge is -2.24. The van der Waals surface area contributed by atoms with Crippen LogP contribution in [0, 0.1) is 0 Å². The highest BCUT2D eigenvalue weighted by molar-refractivity contribution is 9.10. The third-order valence-corrected chi connectivity index (χ3v) is 4.54. The van der Waals surface area contributed by atoms with Crippen molar-refractivity contribution in [3.8, 4) is 0 Å². The second-order valence-corrected chi connectivity index (χ2v) is 5.89. The molecule has 0 amide bonds. The number of halogens is 1. The summed E-state index contributed by atoms with van der Waals surface area (Å²) in [5.41, 5.74) is 0.786. The molecular formula is C17H13BrO2. The fourth-order valence-corrected chi connectivity index (χ4v) is 3.34. The summed E-state index contributed by atoms with van der Waals surface area (Å²) >= 11 is 3.36. The zero-order valence-electron chi connectivity index (χ0n) is 11.0. The summed E-state index contributed by atoms with van der Waals surface area (Å²) < 4.78 is 0.817. The summed E-state index contributed by atoms with van der Waals surface area (Å²) in [5.74, 6) is -0.175. The number of carbonyl (C=O) groups excluding carboxylic acids is 2. The second kappa shape index (κ2) is 4.67. The van der Waals surface area contributed by atoms with Crippen molar-refractivity contribution in [3.63, 3.8) is 0 Å². The van der Waals surface area contributed by atoms with E-state index >= 15 is 0 Å². The Kier molecular flexibility index (Phi) is 3.09. The van der Waals surface area contributed by atoms with Crippen LogP contribution in [0.4, 0.5) is 0 Å². The quantitative estimate of drug-likeness (QED) is 0.775. The van der Waals surface area contributed by atoms with E-state index in [2.05, 4.69) is 15.9 Å². The molecular weight excluding hydrogens is 316 g/mol. The fourth-order valence-electron chi connectivity index (χ4n) is 2.98. The lowest BCUT2D eigenvalue weighted by molar-refractivity contribution is 0.0789. The number of rotatable bonds is 2. The average molecular weight is 329 g/mol. The number of carbonyl (C=O) groups is 2. The van der Waals surface area contributed by atoms with Crippen molar-refractivity contribution in [2.75, 3.05) is 0 Å². The van der Waals surface area contributed by atoms with Crippen LogP contribution in [0.2, 0.25) is 0 Å². The van der Waals surface area contributed by atoms with Crippen molar-refractivity contribution in [1.29, 1.82) is 0 Å². The molecule has 0 radical (unpaired) electrons. The molecule has 20 heavy (non-hydrogen) atoms.